The second kappa shape index (κ2) is 9.02. The average molecular weight is 412 g/mol. The maximum atomic E-state index is 13.2. The van der Waals surface area contributed by atoms with E-state index in [1.807, 2.05) is 9.80 Å². The second-order valence-electron chi connectivity index (χ2n) is 7.61. The van der Waals surface area contributed by atoms with Crippen LogP contribution in [-0.4, -0.2) is 67.4 Å². The fraction of sp³-hybridized carbons (Fsp3) is 0.600. The molecule has 3 rings (SSSR count). The fourth-order valence-corrected chi connectivity index (χ4v) is 3.84. The van der Waals surface area contributed by atoms with Crippen LogP contribution in [0, 0.1) is 0 Å². The van der Waals surface area contributed by atoms with E-state index in [4.69, 9.17) is 0 Å². The molecule has 1 N–H and O–H groups in total. The van der Waals surface area contributed by atoms with Gasteiger partial charge in [0.2, 0.25) is 11.8 Å². The van der Waals surface area contributed by atoms with E-state index < -0.39 is 11.7 Å². The molecule has 2 fully saturated rings. The third-order valence-corrected chi connectivity index (χ3v) is 5.48. The molecule has 0 atom stereocenters. The van der Waals surface area contributed by atoms with Crippen LogP contribution in [0.15, 0.2) is 18.2 Å². The largest absolute Gasteiger partial charge is 0.416 e. The van der Waals surface area contributed by atoms with E-state index in [1.165, 1.54) is 13.0 Å². The number of carbonyl (C=O) groups excluding carboxylic acids is 2. The molecule has 9 heteroatoms. The predicted molar refractivity (Wildman–Crippen MR) is 105 cm³/mol. The number of amides is 2. The summed E-state index contributed by atoms with van der Waals surface area (Å²) in [7, 11) is 0. The van der Waals surface area contributed by atoms with Gasteiger partial charge in [-0.1, -0.05) is 0 Å². The van der Waals surface area contributed by atoms with E-state index in [9.17, 15) is 22.8 Å². The molecule has 6 nitrogen and oxygen atoms in total. The molecule has 2 aliphatic rings. The van der Waals surface area contributed by atoms with Crippen molar-refractivity contribution in [3.8, 4) is 0 Å². The van der Waals surface area contributed by atoms with Crippen molar-refractivity contribution in [1.82, 2.24) is 9.80 Å². The molecule has 0 bridgehead atoms. The molecule has 29 heavy (non-hydrogen) atoms. The van der Waals surface area contributed by atoms with Crippen LogP contribution >= 0.6 is 0 Å². The van der Waals surface area contributed by atoms with Crippen LogP contribution in [0.1, 0.15) is 31.7 Å². The lowest BCUT2D eigenvalue weighted by molar-refractivity contribution is -0.137. The number of piperazine rings is 1. The minimum Gasteiger partial charge on any atom is -0.370 e. The Kier molecular flexibility index (Phi) is 6.66. The lowest BCUT2D eigenvalue weighted by Gasteiger charge is -2.34. The minimum atomic E-state index is -4.47. The fourth-order valence-electron chi connectivity index (χ4n) is 3.84. The maximum Gasteiger partial charge on any atom is 0.416 e. The van der Waals surface area contributed by atoms with Gasteiger partial charge in [-0.2, -0.15) is 13.2 Å². The molecule has 0 saturated carbocycles. The highest BCUT2D eigenvalue weighted by Crippen LogP contribution is 2.36. The van der Waals surface area contributed by atoms with Gasteiger partial charge in [-0.3, -0.25) is 14.5 Å². The topological polar surface area (TPSA) is 55.9 Å². The molecular weight excluding hydrogens is 385 g/mol. The SMILES string of the molecule is CC(=O)N1CCN(CC(=O)Nc2cc(C(F)(F)F)ccc2N2CCCCC2)CC1. The molecule has 2 aliphatic heterocycles. The highest BCUT2D eigenvalue weighted by molar-refractivity contribution is 5.96. The van der Waals surface area contributed by atoms with Crippen LogP contribution in [0.25, 0.3) is 0 Å². The minimum absolute atomic E-state index is 0.00393. The summed E-state index contributed by atoms with van der Waals surface area (Å²) in [6.45, 7) is 5.35. The number of hydrogen-bond donors (Lipinski definition) is 1. The summed E-state index contributed by atoms with van der Waals surface area (Å²) in [6, 6.07) is 3.55. The van der Waals surface area contributed by atoms with Crippen molar-refractivity contribution in [3.05, 3.63) is 23.8 Å². The first-order valence-corrected chi connectivity index (χ1v) is 9.98. The van der Waals surface area contributed by atoms with Crippen molar-refractivity contribution in [1.29, 1.82) is 0 Å². The average Bonchev–Trinajstić information content (AvgIpc) is 2.68. The zero-order valence-corrected chi connectivity index (χ0v) is 16.6. The Balaban J connectivity index is 1.70. The van der Waals surface area contributed by atoms with E-state index >= 15 is 0 Å². The Morgan fingerprint density at radius 3 is 2.24 bits per heavy atom. The van der Waals surface area contributed by atoms with E-state index in [0.717, 1.165) is 44.5 Å². The van der Waals surface area contributed by atoms with Gasteiger partial charge in [0.15, 0.2) is 0 Å². The van der Waals surface area contributed by atoms with Gasteiger partial charge in [0, 0.05) is 46.2 Å². The van der Waals surface area contributed by atoms with E-state index in [0.29, 0.717) is 31.9 Å². The molecule has 0 aliphatic carbocycles. The van der Waals surface area contributed by atoms with Crippen molar-refractivity contribution in [2.24, 2.45) is 0 Å². The highest BCUT2D eigenvalue weighted by Gasteiger charge is 2.32. The summed E-state index contributed by atoms with van der Waals surface area (Å²) < 4.78 is 39.6. The van der Waals surface area contributed by atoms with Crippen molar-refractivity contribution in [3.63, 3.8) is 0 Å². The van der Waals surface area contributed by atoms with Gasteiger partial charge in [-0.15, -0.1) is 0 Å². The standard InChI is InChI=1S/C20H27F3N4O2/c1-15(28)26-11-9-25(10-12-26)14-19(29)24-17-13-16(20(21,22)23)5-6-18(17)27-7-3-2-4-8-27/h5-6,13H,2-4,7-12,14H2,1H3,(H,24,29). The smallest absolute Gasteiger partial charge is 0.370 e. The quantitative estimate of drug-likeness (QED) is 0.826. The summed E-state index contributed by atoms with van der Waals surface area (Å²) in [5, 5.41) is 2.70. The van der Waals surface area contributed by atoms with Crippen LogP contribution < -0.4 is 10.2 Å². The van der Waals surface area contributed by atoms with Gasteiger partial charge < -0.3 is 15.1 Å². The van der Waals surface area contributed by atoms with Gasteiger partial charge in [0.25, 0.3) is 0 Å². The molecule has 2 saturated heterocycles. The van der Waals surface area contributed by atoms with Gasteiger partial charge in [-0.05, 0) is 37.5 Å². The third-order valence-electron chi connectivity index (χ3n) is 5.48. The first-order valence-electron chi connectivity index (χ1n) is 9.98. The number of nitrogens with one attached hydrogen (secondary N) is 1. The predicted octanol–water partition coefficient (Wildman–Crippen LogP) is 2.80. The number of carbonyl (C=O) groups is 2. The van der Waals surface area contributed by atoms with Gasteiger partial charge in [0.1, 0.15) is 0 Å². The maximum absolute atomic E-state index is 13.2. The summed E-state index contributed by atoms with van der Waals surface area (Å²) in [5.74, 6) is -0.344. The Morgan fingerprint density at radius 1 is 1.00 bits per heavy atom. The van der Waals surface area contributed by atoms with E-state index in [-0.39, 0.29) is 24.0 Å². The summed E-state index contributed by atoms with van der Waals surface area (Å²) >= 11 is 0. The highest BCUT2D eigenvalue weighted by atomic mass is 19.4. The van der Waals surface area contributed by atoms with Crippen LogP contribution in [0.4, 0.5) is 24.5 Å². The van der Waals surface area contributed by atoms with E-state index in [2.05, 4.69) is 5.32 Å². The molecule has 0 radical (unpaired) electrons. The first kappa shape index (κ1) is 21.4. The van der Waals surface area contributed by atoms with Crippen LogP contribution in [-0.2, 0) is 15.8 Å². The molecule has 1 aromatic rings. The molecule has 2 heterocycles. The van der Waals surface area contributed by atoms with Gasteiger partial charge in [-0.25, -0.2) is 0 Å². The first-order chi connectivity index (χ1) is 13.7. The van der Waals surface area contributed by atoms with Crippen molar-refractivity contribution in [2.45, 2.75) is 32.4 Å². The number of anilines is 2. The Bertz CT molecular complexity index is 740. The normalized spacial score (nSPS) is 18.6. The number of piperidine rings is 1. The number of rotatable bonds is 4. The zero-order chi connectivity index (χ0) is 21.0. The number of halogens is 3. The summed E-state index contributed by atoms with van der Waals surface area (Å²) in [4.78, 5) is 29.6. The number of alkyl halides is 3. The Hall–Kier alpha value is -2.29. The monoisotopic (exact) mass is 412 g/mol. The molecule has 1 aromatic carbocycles. The van der Waals surface area contributed by atoms with Crippen LogP contribution in [0.2, 0.25) is 0 Å². The van der Waals surface area contributed by atoms with Crippen LogP contribution in [0.3, 0.4) is 0 Å². The van der Waals surface area contributed by atoms with E-state index in [1.54, 1.807) is 4.90 Å². The molecular formula is C20H27F3N4O2. The Labute approximate surface area is 168 Å². The molecule has 2 amide bonds. The molecule has 0 aromatic heterocycles. The van der Waals surface area contributed by atoms with Crippen molar-refractivity contribution < 1.29 is 22.8 Å². The third kappa shape index (κ3) is 5.62. The molecule has 0 spiro atoms. The number of benzene rings is 1. The molecule has 0 unspecified atom stereocenters. The summed E-state index contributed by atoms with van der Waals surface area (Å²) in [6.07, 6.45) is -1.41. The van der Waals surface area contributed by atoms with Crippen molar-refractivity contribution >= 4 is 23.2 Å². The summed E-state index contributed by atoms with van der Waals surface area (Å²) in [5.41, 5.74) is 0.0603. The van der Waals surface area contributed by atoms with Gasteiger partial charge >= 0.3 is 6.18 Å². The zero-order valence-electron chi connectivity index (χ0n) is 16.6. The number of nitrogens with zero attached hydrogens (tertiary/aromatic N) is 3. The number of hydrogen-bond acceptors (Lipinski definition) is 4. The van der Waals surface area contributed by atoms with Crippen molar-refractivity contribution in [2.75, 3.05) is 56.0 Å². The second-order valence-corrected chi connectivity index (χ2v) is 7.61. The van der Waals surface area contributed by atoms with Crippen LogP contribution in [0.5, 0.6) is 0 Å². The van der Waals surface area contributed by atoms with Gasteiger partial charge in [0.05, 0.1) is 23.5 Å². The lowest BCUT2D eigenvalue weighted by atomic mass is 10.1. The Morgan fingerprint density at radius 2 is 1.66 bits per heavy atom. The molecule has 160 valence electrons. The lowest BCUT2D eigenvalue weighted by Crippen LogP contribution is -2.49.